The predicted molar refractivity (Wildman–Crippen MR) is 144 cm³/mol. The molecule has 0 unspecified atom stereocenters. The predicted octanol–water partition coefficient (Wildman–Crippen LogP) is 4.23. The highest BCUT2D eigenvalue weighted by Gasteiger charge is 2.25. The van der Waals surface area contributed by atoms with E-state index in [1.165, 1.54) is 0 Å². The Morgan fingerprint density at radius 2 is 1.25 bits per heavy atom. The molecule has 1 aliphatic rings. The first-order valence-electron chi connectivity index (χ1n) is 12.7. The normalized spacial score (nSPS) is 15.4. The number of hydrogen-bond donors (Lipinski definition) is 0. The molecule has 0 saturated carbocycles. The van der Waals surface area contributed by atoms with E-state index in [2.05, 4.69) is 9.80 Å². The Morgan fingerprint density at radius 1 is 0.722 bits per heavy atom. The second-order valence-corrected chi connectivity index (χ2v) is 11.3. The first-order chi connectivity index (χ1) is 17.5. The van der Waals surface area contributed by atoms with Crippen LogP contribution in [-0.4, -0.2) is 69.0 Å². The van der Waals surface area contributed by atoms with Gasteiger partial charge in [0.15, 0.2) is 0 Å². The van der Waals surface area contributed by atoms with Gasteiger partial charge < -0.3 is 9.64 Å². The molecule has 0 spiro atoms. The van der Waals surface area contributed by atoms with Gasteiger partial charge in [-0.25, -0.2) is 8.42 Å². The Balaban J connectivity index is 1.41. The SMILES string of the molecule is COCCCN1CCN(Cc2ccc(S(=O)(=O)N(Cc3ccccc3)Cc3ccccc3)cc2)CC1. The van der Waals surface area contributed by atoms with Crippen molar-refractivity contribution in [1.82, 2.24) is 14.1 Å². The molecule has 1 saturated heterocycles. The zero-order valence-corrected chi connectivity index (χ0v) is 21.9. The second-order valence-electron chi connectivity index (χ2n) is 9.35. The molecule has 6 nitrogen and oxygen atoms in total. The third-order valence-electron chi connectivity index (χ3n) is 6.66. The summed E-state index contributed by atoms with van der Waals surface area (Å²) in [5.74, 6) is 0. The molecule has 0 aromatic heterocycles. The highest BCUT2D eigenvalue weighted by Crippen LogP contribution is 2.22. The Labute approximate surface area is 216 Å². The Hall–Kier alpha value is -2.55. The Kier molecular flexibility index (Phi) is 9.67. The van der Waals surface area contributed by atoms with Crippen molar-refractivity contribution >= 4 is 10.0 Å². The lowest BCUT2D eigenvalue weighted by atomic mass is 10.2. The average molecular weight is 508 g/mol. The van der Waals surface area contributed by atoms with E-state index in [4.69, 9.17) is 4.74 Å². The second kappa shape index (κ2) is 13.1. The molecule has 0 atom stereocenters. The van der Waals surface area contributed by atoms with E-state index in [9.17, 15) is 8.42 Å². The number of sulfonamides is 1. The van der Waals surface area contributed by atoms with Gasteiger partial charge in [-0.2, -0.15) is 4.31 Å². The maximum Gasteiger partial charge on any atom is 0.243 e. The number of benzene rings is 3. The molecular formula is C29H37N3O3S. The van der Waals surface area contributed by atoms with Gasteiger partial charge in [0.2, 0.25) is 10.0 Å². The fraction of sp³-hybridized carbons (Fsp3) is 0.379. The minimum atomic E-state index is -3.66. The smallest absolute Gasteiger partial charge is 0.243 e. The number of rotatable bonds is 12. The Morgan fingerprint density at radius 3 is 1.78 bits per heavy atom. The summed E-state index contributed by atoms with van der Waals surface area (Å²) in [6, 6.07) is 27.0. The minimum absolute atomic E-state index is 0.328. The van der Waals surface area contributed by atoms with E-state index in [1.807, 2.05) is 72.8 Å². The van der Waals surface area contributed by atoms with Crippen molar-refractivity contribution in [2.24, 2.45) is 0 Å². The van der Waals surface area contributed by atoms with E-state index in [1.54, 1.807) is 23.5 Å². The maximum absolute atomic E-state index is 13.7. The van der Waals surface area contributed by atoms with Gasteiger partial charge >= 0.3 is 0 Å². The van der Waals surface area contributed by atoms with Crippen molar-refractivity contribution in [3.05, 3.63) is 102 Å². The first-order valence-corrected chi connectivity index (χ1v) is 14.1. The van der Waals surface area contributed by atoms with Gasteiger partial charge in [-0.1, -0.05) is 72.8 Å². The molecule has 0 radical (unpaired) electrons. The molecule has 1 aliphatic heterocycles. The molecule has 0 bridgehead atoms. The third kappa shape index (κ3) is 7.48. The number of methoxy groups -OCH3 is 1. The van der Waals surface area contributed by atoms with Gasteiger partial charge in [0, 0.05) is 66.1 Å². The molecule has 4 rings (SSSR count). The molecule has 3 aromatic rings. The zero-order valence-electron chi connectivity index (χ0n) is 21.1. The fourth-order valence-corrected chi connectivity index (χ4v) is 5.99. The molecule has 7 heteroatoms. The highest BCUT2D eigenvalue weighted by atomic mass is 32.2. The summed E-state index contributed by atoms with van der Waals surface area (Å²) in [7, 11) is -1.91. The summed E-state index contributed by atoms with van der Waals surface area (Å²) in [6.07, 6.45) is 1.07. The summed E-state index contributed by atoms with van der Waals surface area (Å²) < 4.78 is 34.1. The fourth-order valence-electron chi connectivity index (χ4n) is 4.58. The molecule has 1 heterocycles. The van der Waals surface area contributed by atoms with E-state index in [-0.39, 0.29) is 0 Å². The van der Waals surface area contributed by atoms with Gasteiger partial charge in [0.1, 0.15) is 0 Å². The summed E-state index contributed by atoms with van der Waals surface area (Å²) >= 11 is 0. The molecule has 192 valence electrons. The van der Waals surface area contributed by atoms with E-state index in [0.29, 0.717) is 18.0 Å². The highest BCUT2D eigenvalue weighted by molar-refractivity contribution is 7.89. The third-order valence-corrected chi connectivity index (χ3v) is 8.46. The number of piperazine rings is 1. The van der Waals surface area contributed by atoms with Crippen LogP contribution in [0.1, 0.15) is 23.1 Å². The summed E-state index contributed by atoms with van der Waals surface area (Å²) in [5, 5.41) is 0. The van der Waals surface area contributed by atoms with Crippen LogP contribution in [-0.2, 0) is 34.4 Å². The van der Waals surface area contributed by atoms with Crippen LogP contribution in [0, 0.1) is 0 Å². The quantitative estimate of drug-likeness (QED) is 0.344. The van der Waals surface area contributed by atoms with E-state index in [0.717, 1.165) is 69.0 Å². The molecule has 0 N–H and O–H groups in total. The van der Waals surface area contributed by atoms with Crippen LogP contribution in [0.2, 0.25) is 0 Å². The molecule has 36 heavy (non-hydrogen) atoms. The summed E-state index contributed by atoms with van der Waals surface area (Å²) in [5.41, 5.74) is 3.07. The molecule has 0 aliphatic carbocycles. The zero-order chi connectivity index (χ0) is 25.2. The lowest BCUT2D eigenvalue weighted by molar-refractivity contribution is 0.113. The first kappa shape index (κ1) is 26.5. The van der Waals surface area contributed by atoms with Crippen LogP contribution in [0.4, 0.5) is 0 Å². The Bertz CT molecular complexity index is 1110. The largest absolute Gasteiger partial charge is 0.385 e. The number of hydrogen-bond acceptors (Lipinski definition) is 5. The van der Waals surface area contributed by atoms with Gasteiger partial charge in [0.05, 0.1) is 4.90 Å². The van der Waals surface area contributed by atoms with Gasteiger partial charge in [-0.15, -0.1) is 0 Å². The lowest BCUT2D eigenvalue weighted by Gasteiger charge is -2.34. The van der Waals surface area contributed by atoms with Crippen LogP contribution in [0.25, 0.3) is 0 Å². The maximum atomic E-state index is 13.7. The summed E-state index contributed by atoms with van der Waals surface area (Å²) in [4.78, 5) is 5.26. The van der Waals surface area contributed by atoms with Crippen LogP contribution >= 0.6 is 0 Å². The number of nitrogens with zero attached hydrogens (tertiary/aromatic N) is 3. The van der Waals surface area contributed by atoms with Gasteiger partial charge in [-0.05, 0) is 35.2 Å². The molecule has 0 amide bonds. The van der Waals surface area contributed by atoms with Crippen LogP contribution in [0.3, 0.4) is 0 Å². The van der Waals surface area contributed by atoms with Crippen LogP contribution < -0.4 is 0 Å². The van der Waals surface area contributed by atoms with Crippen molar-refractivity contribution in [3.63, 3.8) is 0 Å². The standard InChI is InChI=1S/C29H37N3O3S/c1-35-22-8-17-30-18-20-31(21-19-30)23-28-13-15-29(16-14-28)36(33,34)32(24-26-9-4-2-5-10-26)25-27-11-6-3-7-12-27/h2-7,9-16H,8,17-25H2,1H3. The molecular weight excluding hydrogens is 470 g/mol. The molecule has 3 aromatic carbocycles. The number of ether oxygens (including phenoxy) is 1. The van der Waals surface area contributed by atoms with Crippen LogP contribution in [0.15, 0.2) is 89.8 Å². The average Bonchev–Trinajstić information content (AvgIpc) is 2.91. The van der Waals surface area contributed by atoms with Crippen molar-refractivity contribution < 1.29 is 13.2 Å². The van der Waals surface area contributed by atoms with E-state index < -0.39 is 10.0 Å². The van der Waals surface area contributed by atoms with Crippen LogP contribution in [0.5, 0.6) is 0 Å². The topological polar surface area (TPSA) is 53.1 Å². The van der Waals surface area contributed by atoms with Crippen molar-refractivity contribution in [3.8, 4) is 0 Å². The van der Waals surface area contributed by atoms with Crippen molar-refractivity contribution in [2.45, 2.75) is 31.0 Å². The molecule has 1 fully saturated rings. The lowest BCUT2D eigenvalue weighted by Crippen LogP contribution is -2.46. The van der Waals surface area contributed by atoms with E-state index >= 15 is 0 Å². The van der Waals surface area contributed by atoms with Gasteiger partial charge in [0.25, 0.3) is 0 Å². The monoisotopic (exact) mass is 507 g/mol. The van der Waals surface area contributed by atoms with Gasteiger partial charge in [-0.3, -0.25) is 4.90 Å². The minimum Gasteiger partial charge on any atom is -0.385 e. The van der Waals surface area contributed by atoms with Crippen molar-refractivity contribution in [1.29, 1.82) is 0 Å². The van der Waals surface area contributed by atoms with Crippen molar-refractivity contribution in [2.75, 3.05) is 46.4 Å². The summed E-state index contributed by atoms with van der Waals surface area (Å²) in [6.45, 7) is 7.55.